The number of aryl methyl sites for hydroxylation is 1. The molecule has 1 aromatic carbocycles. The topological polar surface area (TPSA) is 61.7 Å². The number of amides is 1. The van der Waals surface area contributed by atoms with E-state index in [-0.39, 0.29) is 17.4 Å². The van der Waals surface area contributed by atoms with Crippen LogP contribution in [-0.2, 0) is 6.54 Å². The minimum absolute atomic E-state index is 0.121. The zero-order chi connectivity index (χ0) is 24.7. The molecule has 3 saturated heterocycles. The highest BCUT2D eigenvalue weighted by Crippen LogP contribution is 2.41. The number of benzene rings is 1. The molecule has 7 nitrogen and oxygen atoms in total. The van der Waals surface area contributed by atoms with Crippen LogP contribution in [0.25, 0.3) is 0 Å². The van der Waals surface area contributed by atoms with Gasteiger partial charge in [0.2, 0.25) is 0 Å². The summed E-state index contributed by atoms with van der Waals surface area (Å²) in [6.07, 6.45) is 8.50. The summed E-state index contributed by atoms with van der Waals surface area (Å²) in [6, 6.07) is 9.64. The number of anilines is 1. The highest BCUT2D eigenvalue weighted by atomic mass is 16.2. The van der Waals surface area contributed by atoms with Crippen LogP contribution < -0.4 is 4.90 Å². The molecular formula is C28H39N5O2. The zero-order valence-corrected chi connectivity index (χ0v) is 21.7. The van der Waals surface area contributed by atoms with Gasteiger partial charge in [0.15, 0.2) is 5.78 Å². The van der Waals surface area contributed by atoms with Crippen molar-refractivity contribution in [1.29, 1.82) is 0 Å². The van der Waals surface area contributed by atoms with Gasteiger partial charge in [0.25, 0.3) is 0 Å². The molecule has 188 valence electrons. The van der Waals surface area contributed by atoms with Gasteiger partial charge >= 0.3 is 6.03 Å². The van der Waals surface area contributed by atoms with E-state index in [2.05, 4.69) is 53.9 Å². The van der Waals surface area contributed by atoms with Crippen molar-refractivity contribution in [3.05, 3.63) is 47.3 Å². The van der Waals surface area contributed by atoms with Crippen molar-refractivity contribution in [3.63, 3.8) is 0 Å². The van der Waals surface area contributed by atoms with Gasteiger partial charge in [-0.05, 0) is 89.1 Å². The number of Topliss-reactive ketones (excluding diaryl/α,β-unsaturated/α-hetero) is 1. The van der Waals surface area contributed by atoms with Crippen molar-refractivity contribution in [3.8, 4) is 0 Å². The number of likely N-dealkylation sites (tertiary alicyclic amines) is 2. The van der Waals surface area contributed by atoms with E-state index in [4.69, 9.17) is 0 Å². The number of aromatic nitrogens is 2. The first-order valence-electron chi connectivity index (χ1n) is 13.3. The lowest BCUT2D eigenvalue weighted by molar-refractivity contribution is 0.0585. The summed E-state index contributed by atoms with van der Waals surface area (Å²) in [5.41, 5.74) is 4.67. The van der Waals surface area contributed by atoms with E-state index in [1.54, 1.807) is 12.3 Å². The number of piperidine rings is 1. The smallest absolute Gasteiger partial charge is 0.344 e. The molecule has 0 aliphatic carbocycles. The number of nitrogens with zero attached hydrogens (tertiary/aromatic N) is 5. The van der Waals surface area contributed by atoms with Crippen LogP contribution >= 0.6 is 0 Å². The number of rotatable bonds is 4. The SMILES string of the molecule is CC(=O)c1ccn(C(=O)N2CCC3(CCCN3Cc3ccc(C)cc3N3[C@H](C)CC[C@@H]3C)CC2)n1. The third-order valence-corrected chi connectivity index (χ3v) is 8.68. The summed E-state index contributed by atoms with van der Waals surface area (Å²) in [7, 11) is 0. The molecule has 3 fully saturated rings. The van der Waals surface area contributed by atoms with E-state index in [0.29, 0.717) is 17.8 Å². The molecule has 0 saturated carbocycles. The molecule has 2 aromatic rings. The second-order valence-corrected chi connectivity index (χ2v) is 11.0. The minimum Gasteiger partial charge on any atom is -0.366 e. The molecule has 4 heterocycles. The first kappa shape index (κ1) is 24.0. The molecule has 35 heavy (non-hydrogen) atoms. The summed E-state index contributed by atoms with van der Waals surface area (Å²) < 4.78 is 1.32. The molecule has 3 aliphatic heterocycles. The van der Waals surface area contributed by atoms with Gasteiger partial charge in [-0.15, -0.1) is 0 Å². The van der Waals surface area contributed by atoms with Gasteiger partial charge in [0.05, 0.1) is 0 Å². The van der Waals surface area contributed by atoms with Crippen molar-refractivity contribution >= 4 is 17.5 Å². The predicted molar refractivity (Wildman–Crippen MR) is 138 cm³/mol. The summed E-state index contributed by atoms with van der Waals surface area (Å²) in [5, 5.41) is 4.17. The average molecular weight is 478 g/mol. The average Bonchev–Trinajstić information content (AvgIpc) is 3.55. The van der Waals surface area contributed by atoms with E-state index in [9.17, 15) is 9.59 Å². The summed E-state index contributed by atoms with van der Waals surface area (Å²) in [6.45, 7) is 11.9. The minimum atomic E-state index is -0.130. The lowest BCUT2D eigenvalue weighted by atomic mass is 9.84. The lowest BCUT2D eigenvalue weighted by Crippen LogP contribution is -2.53. The normalized spacial score (nSPS) is 24.5. The Morgan fingerprint density at radius 1 is 1.03 bits per heavy atom. The van der Waals surface area contributed by atoms with Gasteiger partial charge in [0, 0.05) is 56.1 Å². The number of carbonyl (C=O) groups is 2. The van der Waals surface area contributed by atoms with Crippen molar-refractivity contribution in [2.75, 3.05) is 24.5 Å². The van der Waals surface area contributed by atoms with E-state index in [1.165, 1.54) is 54.1 Å². The number of ketones is 1. The van der Waals surface area contributed by atoms with E-state index in [0.717, 1.165) is 39.0 Å². The summed E-state index contributed by atoms with van der Waals surface area (Å²) in [4.78, 5) is 31.8. The van der Waals surface area contributed by atoms with Crippen LogP contribution in [0.1, 0.15) is 80.9 Å². The quantitative estimate of drug-likeness (QED) is 0.588. The van der Waals surface area contributed by atoms with Crippen LogP contribution in [0.15, 0.2) is 30.5 Å². The van der Waals surface area contributed by atoms with Crippen molar-refractivity contribution in [2.45, 2.75) is 90.4 Å². The van der Waals surface area contributed by atoms with Gasteiger partial charge in [-0.2, -0.15) is 9.78 Å². The molecule has 1 aromatic heterocycles. The van der Waals surface area contributed by atoms with Crippen LogP contribution in [0.4, 0.5) is 10.5 Å². The van der Waals surface area contributed by atoms with Crippen molar-refractivity contribution in [2.24, 2.45) is 0 Å². The molecule has 1 spiro atoms. The maximum atomic E-state index is 13.0. The molecule has 2 atom stereocenters. The van der Waals surface area contributed by atoms with Gasteiger partial charge < -0.3 is 9.80 Å². The zero-order valence-electron chi connectivity index (χ0n) is 21.7. The van der Waals surface area contributed by atoms with Crippen LogP contribution in [0, 0.1) is 6.92 Å². The Labute approximate surface area is 209 Å². The maximum absolute atomic E-state index is 13.0. The van der Waals surface area contributed by atoms with Gasteiger partial charge in [0.1, 0.15) is 5.69 Å². The van der Waals surface area contributed by atoms with Crippen LogP contribution in [0.5, 0.6) is 0 Å². The Bertz CT molecular complexity index is 1090. The second kappa shape index (κ2) is 9.41. The standard InChI is InChI=1S/C28H39N5O2/c1-20-6-9-24(26(18-20)33-21(2)7-8-22(33)3)19-31-14-5-11-28(31)12-16-30(17-13-28)27(35)32-15-10-25(29-32)23(4)34/h6,9-10,15,18,21-22H,5,7-8,11-14,16-17,19H2,1-4H3/t21-,22+. The van der Waals surface area contributed by atoms with Crippen molar-refractivity contribution in [1.82, 2.24) is 19.6 Å². The molecular weight excluding hydrogens is 438 g/mol. The Morgan fingerprint density at radius 2 is 1.74 bits per heavy atom. The number of hydrogen-bond acceptors (Lipinski definition) is 5. The highest BCUT2D eigenvalue weighted by Gasteiger charge is 2.44. The molecule has 0 N–H and O–H groups in total. The number of hydrogen-bond donors (Lipinski definition) is 0. The molecule has 3 aliphatic rings. The highest BCUT2D eigenvalue weighted by molar-refractivity contribution is 5.92. The van der Waals surface area contributed by atoms with Gasteiger partial charge in [-0.25, -0.2) is 4.79 Å². The van der Waals surface area contributed by atoms with Crippen molar-refractivity contribution < 1.29 is 9.59 Å². The monoisotopic (exact) mass is 477 g/mol. The molecule has 0 radical (unpaired) electrons. The van der Waals surface area contributed by atoms with Crippen LogP contribution in [0.2, 0.25) is 0 Å². The third-order valence-electron chi connectivity index (χ3n) is 8.68. The van der Waals surface area contributed by atoms with Crippen LogP contribution in [-0.4, -0.2) is 68.7 Å². The van der Waals surface area contributed by atoms with Crippen LogP contribution in [0.3, 0.4) is 0 Å². The summed E-state index contributed by atoms with van der Waals surface area (Å²) >= 11 is 0. The second-order valence-electron chi connectivity index (χ2n) is 11.0. The molecule has 7 heteroatoms. The van der Waals surface area contributed by atoms with E-state index < -0.39 is 0 Å². The molecule has 0 bridgehead atoms. The fourth-order valence-electron chi connectivity index (χ4n) is 6.61. The predicted octanol–water partition coefficient (Wildman–Crippen LogP) is 4.87. The Balaban J connectivity index is 1.30. The van der Waals surface area contributed by atoms with E-state index >= 15 is 0 Å². The van der Waals surface area contributed by atoms with Gasteiger partial charge in [-0.3, -0.25) is 9.69 Å². The first-order valence-corrected chi connectivity index (χ1v) is 13.3. The first-order chi connectivity index (χ1) is 16.8. The maximum Gasteiger partial charge on any atom is 0.344 e. The third kappa shape index (κ3) is 4.51. The molecule has 0 unspecified atom stereocenters. The molecule has 5 rings (SSSR count). The Morgan fingerprint density at radius 3 is 2.40 bits per heavy atom. The summed E-state index contributed by atoms with van der Waals surface area (Å²) in [5.74, 6) is -0.121. The fraction of sp³-hybridized carbons (Fsp3) is 0.607. The lowest BCUT2D eigenvalue weighted by Gasteiger charge is -2.45. The number of carbonyl (C=O) groups excluding carboxylic acids is 2. The largest absolute Gasteiger partial charge is 0.366 e. The van der Waals surface area contributed by atoms with E-state index in [1.807, 2.05) is 4.90 Å². The Kier molecular flexibility index (Phi) is 6.47. The van der Waals surface area contributed by atoms with Gasteiger partial charge in [-0.1, -0.05) is 12.1 Å². The Hall–Kier alpha value is -2.67. The molecule has 1 amide bonds. The fourth-order valence-corrected chi connectivity index (χ4v) is 6.61.